The lowest BCUT2D eigenvalue weighted by molar-refractivity contribution is 0.517. The van der Waals surface area contributed by atoms with Crippen molar-refractivity contribution >= 4 is 21.6 Å². The molecule has 8 heteroatoms. The number of furan rings is 1. The van der Waals surface area contributed by atoms with E-state index in [1.165, 1.54) is 0 Å². The Balaban J connectivity index is 1.78. The highest BCUT2D eigenvalue weighted by atomic mass is 32.2. The molecule has 0 amide bonds. The number of rotatable bonds is 6. The minimum Gasteiger partial charge on any atom is -0.467 e. The zero-order valence-electron chi connectivity index (χ0n) is 13.9. The molecule has 0 radical (unpaired) electrons. The average molecular weight is 350 g/mol. The first-order valence-corrected chi connectivity index (χ1v) is 9.88. The molecule has 3 rings (SSSR count). The van der Waals surface area contributed by atoms with Crippen LogP contribution in [-0.2, 0) is 16.4 Å². The van der Waals surface area contributed by atoms with Crippen LogP contribution < -0.4 is 10.2 Å². The normalized spacial score (nSPS) is 19.3. The topological polar surface area (TPSA) is 88.3 Å². The fraction of sp³-hybridized carbons (Fsp3) is 0.500. The molecule has 2 aromatic heterocycles. The van der Waals surface area contributed by atoms with Crippen LogP contribution in [-0.4, -0.2) is 42.5 Å². The Hall–Kier alpha value is -2.09. The van der Waals surface area contributed by atoms with Gasteiger partial charge in [-0.3, -0.25) is 0 Å². The Bertz CT molecular complexity index is 790. The quantitative estimate of drug-likeness (QED) is 0.852. The first-order valence-electron chi connectivity index (χ1n) is 8.06. The lowest BCUT2D eigenvalue weighted by Gasteiger charge is -2.28. The van der Waals surface area contributed by atoms with Crippen LogP contribution in [0.1, 0.15) is 24.8 Å². The predicted molar refractivity (Wildman–Crippen MR) is 92.9 cm³/mol. The molecule has 24 heavy (non-hydrogen) atoms. The van der Waals surface area contributed by atoms with Gasteiger partial charge in [0.05, 0.1) is 24.3 Å². The summed E-state index contributed by atoms with van der Waals surface area (Å²) in [6, 6.07) is 5.59. The minimum absolute atomic E-state index is 0.0211. The Kier molecular flexibility index (Phi) is 4.75. The third-order valence-corrected chi connectivity index (χ3v) is 5.88. The largest absolute Gasteiger partial charge is 0.467 e. The molecule has 1 unspecified atom stereocenters. The van der Waals surface area contributed by atoms with Crippen molar-refractivity contribution in [3.05, 3.63) is 35.9 Å². The second kappa shape index (κ2) is 6.80. The highest BCUT2D eigenvalue weighted by molar-refractivity contribution is 7.91. The van der Waals surface area contributed by atoms with E-state index < -0.39 is 9.84 Å². The molecule has 0 bridgehead atoms. The van der Waals surface area contributed by atoms with E-state index in [1.807, 2.05) is 32.0 Å². The van der Waals surface area contributed by atoms with Crippen molar-refractivity contribution < 1.29 is 12.8 Å². The van der Waals surface area contributed by atoms with Crippen molar-refractivity contribution in [1.29, 1.82) is 0 Å². The molecular formula is C16H22N4O3S. The van der Waals surface area contributed by atoms with Crippen LogP contribution >= 0.6 is 0 Å². The van der Waals surface area contributed by atoms with E-state index in [4.69, 9.17) is 4.42 Å². The van der Waals surface area contributed by atoms with Gasteiger partial charge in [0.15, 0.2) is 9.84 Å². The smallest absolute Gasteiger partial charge is 0.225 e. The monoisotopic (exact) mass is 350 g/mol. The van der Waals surface area contributed by atoms with Crippen molar-refractivity contribution in [3.63, 3.8) is 0 Å². The maximum absolute atomic E-state index is 11.8. The summed E-state index contributed by atoms with van der Waals surface area (Å²) in [6.45, 7) is 5.12. The van der Waals surface area contributed by atoms with E-state index in [-0.39, 0.29) is 17.5 Å². The van der Waals surface area contributed by atoms with E-state index in [9.17, 15) is 8.42 Å². The van der Waals surface area contributed by atoms with Crippen LogP contribution in [0.4, 0.5) is 11.8 Å². The molecule has 2 aromatic rings. The summed E-state index contributed by atoms with van der Waals surface area (Å²) in [6.07, 6.45) is 2.27. The molecule has 1 N–H and O–H groups in total. The Morgan fingerprint density at radius 1 is 1.42 bits per heavy atom. The molecule has 0 aliphatic carbocycles. The number of hydrogen-bond donors (Lipinski definition) is 1. The van der Waals surface area contributed by atoms with Gasteiger partial charge in [-0.2, -0.15) is 4.98 Å². The lowest BCUT2D eigenvalue weighted by Crippen LogP contribution is -2.37. The highest BCUT2D eigenvalue weighted by Gasteiger charge is 2.32. The van der Waals surface area contributed by atoms with Crippen LogP contribution in [0.2, 0.25) is 0 Å². The number of aromatic nitrogens is 2. The molecule has 1 aliphatic rings. The molecule has 1 aliphatic heterocycles. The van der Waals surface area contributed by atoms with Gasteiger partial charge in [-0.05, 0) is 32.4 Å². The van der Waals surface area contributed by atoms with Crippen molar-refractivity contribution in [2.24, 2.45) is 0 Å². The van der Waals surface area contributed by atoms with Gasteiger partial charge in [-0.15, -0.1) is 0 Å². The van der Waals surface area contributed by atoms with E-state index in [0.29, 0.717) is 25.5 Å². The zero-order valence-corrected chi connectivity index (χ0v) is 14.7. The van der Waals surface area contributed by atoms with E-state index in [1.54, 1.807) is 6.26 Å². The first kappa shape index (κ1) is 16.8. The van der Waals surface area contributed by atoms with Crippen LogP contribution in [0.5, 0.6) is 0 Å². The summed E-state index contributed by atoms with van der Waals surface area (Å²) in [7, 11) is -2.93. The van der Waals surface area contributed by atoms with Gasteiger partial charge in [0.1, 0.15) is 11.6 Å². The summed E-state index contributed by atoms with van der Waals surface area (Å²) >= 11 is 0. The summed E-state index contributed by atoms with van der Waals surface area (Å²) in [5.74, 6) is 2.52. The van der Waals surface area contributed by atoms with Crippen LogP contribution in [0.15, 0.2) is 28.9 Å². The van der Waals surface area contributed by atoms with Crippen molar-refractivity contribution in [1.82, 2.24) is 9.97 Å². The van der Waals surface area contributed by atoms with Gasteiger partial charge in [0.25, 0.3) is 0 Å². The highest BCUT2D eigenvalue weighted by Crippen LogP contribution is 2.24. The third-order valence-electron chi connectivity index (χ3n) is 4.13. The Morgan fingerprint density at radius 2 is 2.25 bits per heavy atom. The number of anilines is 2. The lowest BCUT2D eigenvalue weighted by atomic mass is 10.2. The molecule has 0 aromatic carbocycles. The van der Waals surface area contributed by atoms with Crippen molar-refractivity contribution in [2.45, 2.75) is 32.9 Å². The van der Waals surface area contributed by atoms with Crippen LogP contribution in [0.3, 0.4) is 0 Å². The van der Waals surface area contributed by atoms with Gasteiger partial charge in [-0.25, -0.2) is 13.4 Å². The number of nitrogens with zero attached hydrogens (tertiary/aromatic N) is 3. The summed E-state index contributed by atoms with van der Waals surface area (Å²) in [4.78, 5) is 11.0. The third kappa shape index (κ3) is 3.87. The van der Waals surface area contributed by atoms with Crippen LogP contribution in [0.25, 0.3) is 0 Å². The standard InChI is InChI=1S/C16H22N4O3S/c1-3-20(13-6-8-24(21,22)11-13)15-9-12(2)18-16(19-15)17-10-14-5-4-7-23-14/h4-5,7,9,13H,3,6,8,10-11H2,1-2H3,(H,17,18,19). The molecule has 1 atom stereocenters. The summed E-state index contributed by atoms with van der Waals surface area (Å²) in [5, 5.41) is 3.15. The molecule has 0 spiro atoms. The fourth-order valence-corrected chi connectivity index (χ4v) is 4.72. The number of aryl methyl sites for hydroxylation is 1. The predicted octanol–water partition coefficient (Wildman–Crippen LogP) is 2.00. The second-order valence-electron chi connectivity index (χ2n) is 5.97. The van der Waals surface area contributed by atoms with Gasteiger partial charge in [-0.1, -0.05) is 0 Å². The van der Waals surface area contributed by atoms with Gasteiger partial charge < -0.3 is 14.6 Å². The maximum atomic E-state index is 11.8. The Labute approximate surface area is 142 Å². The van der Waals surface area contributed by atoms with Gasteiger partial charge in [0.2, 0.25) is 5.95 Å². The first-order chi connectivity index (χ1) is 11.5. The number of sulfone groups is 1. The summed E-state index contributed by atoms with van der Waals surface area (Å²) < 4.78 is 28.8. The fourth-order valence-electron chi connectivity index (χ4n) is 2.99. The molecule has 1 saturated heterocycles. The zero-order chi connectivity index (χ0) is 17.2. The van der Waals surface area contributed by atoms with Crippen LogP contribution in [0, 0.1) is 6.92 Å². The Morgan fingerprint density at radius 3 is 2.88 bits per heavy atom. The molecule has 3 heterocycles. The molecule has 1 fully saturated rings. The molecule has 0 saturated carbocycles. The second-order valence-corrected chi connectivity index (χ2v) is 8.20. The summed E-state index contributed by atoms with van der Waals surface area (Å²) in [5.41, 5.74) is 0.834. The average Bonchev–Trinajstić information content (AvgIpc) is 3.15. The molecular weight excluding hydrogens is 328 g/mol. The van der Waals surface area contributed by atoms with E-state index in [0.717, 1.165) is 17.3 Å². The molecule has 7 nitrogen and oxygen atoms in total. The maximum Gasteiger partial charge on any atom is 0.225 e. The minimum atomic E-state index is -2.93. The van der Waals surface area contributed by atoms with E-state index in [2.05, 4.69) is 20.2 Å². The van der Waals surface area contributed by atoms with Gasteiger partial charge in [0, 0.05) is 24.3 Å². The van der Waals surface area contributed by atoms with Gasteiger partial charge >= 0.3 is 0 Å². The SMILES string of the molecule is CCN(c1cc(C)nc(NCc2ccco2)n1)C1CCS(=O)(=O)C1. The van der Waals surface area contributed by atoms with Crippen molar-refractivity contribution in [2.75, 3.05) is 28.3 Å². The van der Waals surface area contributed by atoms with E-state index >= 15 is 0 Å². The number of hydrogen-bond acceptors (Lipinski definition) is 7. The van der Waals surface area contributed by atoms with Crippen molar-refractivity contribution in [3.8, 4) is 0 Å². The number of nitrogens with one attached hydrogen (secondary N) is 1. The molecule has 130 valence electrons.